The van der Waals surface area contributed by atoms with Crippen molar-refractivity contribution in [1.29, 1.82) is 0 Å². The van der Waals surface area contributed by atoms with Crippen LogP contribution in [0.4, 0.5) is 4.39 Å². The molecule has 45 heavy (non-hydrogen) atoms. The Kier molecular flexibility index (Phi) is 10.6. The van der Waals surface area contributed by atoms with E-state index in [0.717, 1.165) is 55.7 Å². The van der Waals surface area contributed by atoms with Gasteiger partial charge < -0.3 is 20.1 Å². The molecular formula is C39H45FN2O3. The van der Waals surface area contributed by atoms with E-state index in [-0.39, 0.29) is 22.7 Å². The molecule has 5 rings (SSSR count). The SMILES string of the molecule is COc1cc2c(cc1OC)C(C)(CCC(CCCNC(=O)CCc1ccc(F)cc1)(c1ccccc1)c1ccccc1)NCC2. The summed E-state index contributed by atoms with van der Waals surface area (Å²) >= 11 is 0. The minimum Gasteiger partial charge on any atom is -0.493 e. The van der Waals surface area contributed by atoms with Crippen molar-refractivity contribution in [3.05, 3.63) is 131 Å². The fourth-order valence-corrected chi connectivity index (χ4v) is 6.89. The molecule has 1 heterocycles. The highest BCUT2D eigenvalue weighted by Gasteiger charge is 2.39. The number of carbonyl (C=O) groups excluding carboxylic acids is 1. The van der Waals surface area contributed by atoms with Crippen molar-refractivity contribution in [3.63, 3.8) is 0 Å². The second kappa shape index (κ2) is 14.7. The summed E-state index contributed by atoms with van der Waals surface area (Å²) < 4.78 is 24.6. The van der Waals surface area contributed by atoms with Crippen LogP contribution < -0.4 is 20.1 Å². The summed E-state index contributed by atoms with van der Waals surface area (Å²) in [5, 5.41) is 6.99. The third kappa shape index (κ3) is 7.56. The molecule has 0 radical (unpaired) electrons. The topological polar surface area (TPSA) is 59.6 Å². The van der Waals surface area contributed by atoms with Gasteiger partial charge in [0.25, 0.3) is 0 Å². The molecule has 6 heteroatoms. The molecule has 236 valence electrons. The third-order valence-electron chi connectivity index (χ3n) is 9.47. The highest BCUT2D eigenvalue weighted by atomic mass is 19.1. The molecule has 0 bridgehead atoms. The molecule has 1 aliphatic heterocycles. The molecule has 1 unspecified atom stereocenters. The Bertz CT molecular complexity index is 1500. The number of amides is 1. The molecular weight excluding hydrogens is 563 g/mol. The minimum atomic E-state index is -0.263. The zero-order valence-corrected chi connectivity index (χ0v) is 26.7. The van der Waals surface area contributed by atoms with Crippen LogP contribution in [0.15, 0.2) is 97.1 Å². The Labute approximate surface area is 267 Å². The van der Waals surface area contributed by atoms with Crippen molar-refractivity contribution in [2.24, 2.45) is 0 Å². The van der Waals surface area contributed by atoms with E-state index in [0.29, 0.717) is 19.4 Å². The smallest absolute Gasteiger partial charge is 0.220 e. The number of carbonyl (C=O) groups is 1. The zero-order valence-electron chi connectivity index (χ0n) is 26.7. The fraction of sp³-hybridized carbons (Fsp3) is 0.359. The molecule has 4 aromatic rings. The Balaban J connectivity index is 1.36. The molecule has 4 aromatic carbocycles. The normalized spacial score (nSPS) is 16.1. The van der Waals surface area contributed by atoms with E-state index < -0.39 is 0 Å². The summed E-state index contributed by atoms with van der Waals surface area (Å²) in [6.45, 7) is 3.80. The first-order chi connectivity index (χ1) is 21.9. The first kappa shape index (κ1) is 32.2. The molecule has 0 saturated heterocycles. The molecule has 1 amide bonds. The lowest BCUT2D eigenvalue weighted by Crippen LogP contribution is -2.46. The Hall–Kier alpha value is -4.16. The first-order valence-corrected chi connectivity index (χ1v) is 16.0. The second-order valence-corrected chi connectivity index (χ2v) is 12.3. The summed E-state index contributed by atoms with van der Waals surface area (Å²) in [7, 11) is 3.38. The molecule has 2 N–H and O–H groups in total. The van der Waals surface area contributed by atoms with Crippen LogP contribution in [0.5, 0.6) is 11.5 Å². The molecule has 0 aliphatic carbocycles. The van der Waals surface area contributed by atoms with Crippen LogP contribution in [0.2, 0.25) is 0 Å². The van der Waals surface area contributed by atoms with Crippen LogP contribution in [0.3, 0.4) is 0 Å². The molecule has 5 nitrogen and oxygen atoms in total. The van der Waals surface area contributed by atoms with E-state index in [9.17, 15) is 9.18 Å². The van der Waals surface area contributed by atoms with Gasteiger partial charge >= 0.3 is 0 Å². The van der Waals surface area contributed by atoms with Gasteiger partial charge in [-0.25, -0.2) is 4.39 Å². The maximum absolute atomic E-state index is 13.2. The van der Waals surface area contributed by atoms with Gasteiger partial charge in [0.1, 0.15) is 5.82 Å². The lowest BCUT2D eigenvalue weighted by molar-refractivity contribution is -0.121. The number of halogens is 1. The van der Waals surface area contributed by atoms with E-state index >= 15 is 0 Å². The maximum atomic E-state index is 13.2. The molecule has 0 aromatic heterocycles. The van der Waals surface area contributed by atoms with E-state index in [2.05, 4.69) is 90.4 Å². The van der Waals surface area contributed by atoms with Gasteiger partial charge in [-0.1, -0.05) is 72.8 Å². The highest BCUT2D eigenvalue weighted by Crippen LogP contribution is 2.46. The second-order valence-electron chi connectivity index (χ2n) is 12.3. The predicted molar refractivity (Wildman–Crippen MR) is 178 cm³/mol. The first-order valence-electron chi connectivity index (χ1n) is 16.0. The molecule has 0 spiro atoms. The summed E-state index contributed by atoms with van der Waals surface area (Å²) in [4.78, 5) is 12.7. The van der Waals surface area contributed by atoms with E-state index in [1.54, 1.807) is 26.4 Å². The predicted octanol–water partition coefficient (Wildman–Crippen LogP) is 7.50. The third-order valence-corrected chi connectivity index (χ3v) is 9.47. The van der Waals surface area contributed by atoms with Crippen molar-refractivity contribution >= 4 is 5.91 Å². The standard InChI is InChI=1S/C39H45FN2O3/c1-38(34-28-36(45-3)35(44-2)27-30(34)21-26-42-38)23-24-39(31-11-6-4-7-12-31,32-13-8-5-9-14-32)22-10-25-41-37(43)20-17-29-15-18-33(40)19-16-29/h4-9,11-16,18-19,27-28,42H,10,17,20-26H2,1-3H3,(H,41,43). The molecule has 0 saturated carbocycles. The van der Waals surface area contributed by atoms with Crippen molar-refractivity contribution in [1.82, 2.24) is 10.6 Å². The fourth-order valence-electron chi connectivity index (χ4n) is 6.89. The lowest BCUT2D eigenvalue weighted by atomic mass is 9.66. The average molecular weight is 609 g/mol. The van der Waals surface area contributed by atoms with Crippen LogP contribution in [0.1, 0.15) is 66.8 Å². The van der Waals surface area contributed by atoms with Gasteiger partial charge in [0.15, 0.2) is 11.5 Å². The maximum Gasteiger partial charge on any atom is 0.220 e. The van der Waals surface area contributed by atoms with Crippen LogP contribution in [0, 0.1) is 5.82 Å². The molecule has 1 atom stereocenters. The number of nitrogens with one attached hydrogen (secondary N) is 2. The zero-order chi connectivity index (χ0) is 31.7. The molecule has 0 fully saturated rings. The van der Waals surface area contributed by atoms with E-state index in [4.69, 9.17) is 9.47 Å². The highest BCUT2D eigenvalue weighted by molar-refractivity contribution is 5.76. The number of fused-ring (bicyclic) bond motifs is 1. The quantitative estimate of drug-likeness (QED) is 0.146. The van der Waals surface area contributed by atoms with Crippen molar-refractivity contribution < 1.29 is 18.7 Å². The Morgan fingerprint density at radius 1 is 0.889 bits per heavy atom. The number of ether oxygens (including phenoxy) is 2. The number of rotatable bonds is 14. The number of hydrogen-bond donors (Lipinski definition) is 2. The summed E-state index contributed by atoms with van der Waals surface area (Å²) in [6.07, 6.45) is 5.44. The van der Waals surface area contributed by atoms with E-state index in [1.807, 2.05) is 0 Å². The summed E-state index contributed by atoms with van der Waals surface area (Å²) in [5.41, 5.74) is 5.58. The van der Waals surface area contributed by atoms with Crippen LogP contribution in [0.25, 0.3) is 0 Å². The van der Waals surface area contributed by atoms with Gasteiger partial charge in [-0.3, -0.25) is 4.79 Å². The lowest BCUT2D eigenvalue weighted by Gasteiger charge is -2.42. The van der Waals surface area contributed by atoms with Gasteiger partial charge in [-0.15, -0.1) is 0 Å². The van der Waals surface area contributed by atoms with Crippen LogP contribution in [-0.2, 0) is 28.6 Å². The summed E-state index contributed by atoms with van der Waals surface area (Å²) in [6, 6.07) is 32.2. The number of methoxy groups -OCH3 is 2. The number of hydrogen-bond acceptors (Lipinski definition) is 4. The van der Waals surface area contributed by atoms with Crippen molar-refractivity contribution in [2.75, 3.05) is 27.3 Å². The largest absolute Gasteiger partial charge is 0.493 e. The Morgan fingerprint density at radius 3 is 2.13 bits per heavy atom. The van der Waals surface area contributed by atoms with Crippen LogP contribution in [-0.4, -0.2) is 33.2 Å². The van der Waals surface area contributed by atoms with E-state index in [1.165, 1.54) is 34.4 Å². The van der Waals surface area contributed by atoms with Crippen molar-refractivity contribution in [3.8, 4) is 11.5 Å². The summed E-state index contributed by atoms with van der Waals surface area (Å²) in [5.74, 6) is 1.27. The van der Waals surface area contributed by atoms with Crippen molar-refractivity contribution in [2.45, 2.75) is 62.8 Å². The van der Waals surface area contributed by atoms with Gasteiger partial charge in [0, 0.05) is 30.5 Å². The van der Waals surface area contributed by atoms with Crippen LogP contribution >= 0.6 is 0 Å². The molecule has 1 aliphatic rings. The van der Waals surface area contributed by atoms with Gasteiger partial charge in [0.2, 0.25) is 5.91 Å². The van der Waals surface area contributed by atoms with Gasteiger partial charge in [-0.2, -0.15) is 0 Å². The number of aryl methyl sites for hydroxylation is 1. The Morgan fingerprint density at radius 2 is 1.51 bits per heavy atom. The van der Waals surface area contributed by atoms with Gasteiger partial charge in [-0.05, 0) is 97.5 Å². The monoisotopic (exact) mass is 608 g/mol. The van der Waals surface area contributed by atoms with Gasteiger partial charge in [0.05, 0.1) is 14.2 Å². The average Bonchev–Trinajstić information content (AvgIpc) is 3.08. The minimum absolute atomic E-state index is 0.0178. The number of benzene rings is 4.